The molecule has 0 aliphatic rings. The maximum atomic E-state index is 11.0. The van der Waals surface area contributed by atoms with Crippen LogP contribution in [0, 0.1) is 0 Å². The minimum Gasteiger partial charge on any atom is -0.469 e. The Kier molecular flexibility index (Phi) is 16.9. The molecular weight excluding hydrogens is 302 g/mol. The van der Waals surface area contributed by atoms with E-state index in [0.29, 0.717) is 6.42 Å². The fraction of sp³-hybridized carbons (Fsp3) is 0.800. The fourth-order valence-corrected chi connectivity index (χ4v) is 2.65. The number of carbonyl (C=O) groups excluding carboxylic acids is 2. The van der Waals surface area contributed by atoms with Gasteiger partial charge in [-0.15, -0.1) is 0 Å². The molecule has 1 unspecified atom stereocenters. The van der Waals surface area contributed by atoms with Crippen molar-refractivity contribution < 1.29 is 14.3 Å². The Morgan fingerprint density at radius 3 is 2.46 bits per heavy atom. The minimum atomic E-state index is -0.157. The lowest BCUT2D eigenvalue weighted by molar-refractivity contribution is -0.140. The second kappa shape index (κ2) is 17.9. The van der Waals surface area contributed by atoms with Crippen molar-refractivity contribution >= 4 is 12.0 Å². The van der Waals surface area contributed by atoms with Crippen LogP contribution in [0.1, 0.15) is 90.4 Å². The molecule has 0 spiro atoms. The summed E-state index contributed by atoms with van der Waals surface area (Å²) in [6, 6.07) is 0.0291. The SMILES string of the molecule is CCCCCCCC/C=C\CC(CCCCCC(=O)OC)N=C=O. The number of unbranched alkanes of at least 4 members (excludes halogenated alkanes) is 8. The number of rotatable bonds is 16. The van der Waals surface area contributed by atoms with Crippen molar-refractivity contribution in [2.45, 2.75) is 96.4 Å². The van der Waals surface area contributed by atoms with E-state index in [2.05, 4.69) is 28.8 Å². The van der Waals surface area contributed by atoms with E-state index in [0.717, 1.165) is 38.5 Å². The summed E-state index contributed by atoms with van der Waals surface area (Å²) in [6.45, 7) is 2.24. The third kappa shape index (κ3) is 15.5. The van der Waals surface area contributed by atoms with Crippen LogP contribution in [0.4, 0.5) is 0 Å². The molecule has 0 rings (SSSR count). The van der Waals surface area contributed by atoms with Crippen LogP contribution in [0.3, 0.4) is 0 Å². The number of carbonyl (C=O) groups is 1. The molecule has 0 aromatic rings. The van der Waals surface area contributed by atoms with Gasteiger partial charge in [0.1, 0.15) is 0 Å². The molecule has 0 N–H and O–H groups in total. The molecule has 0 aromatic heterocycles. The summed E-state index contributed by atoms with van der Waals surface area (Å²) in [5.74, 6) is -0.157. The summed E-state index contributed by atoms with van der Waals surface area (Å²) in [7, 11) is 1.41. The standard InChI is InChI=1S/C20H35NO3/c1-3-4-5-6-7-8-9-10-12-15-19(21-18-22)16-13-11-14-17-20(23)24-2/h10,12,19H,3-9,11,13-17H2,1-2H3/b12-10-. The molecule has 0 aromatic carbocycles. The summed E-state index contributed by atoms with van der Waals surface area (Å²) in [5.41, 5.74) is 0. The number of esters is 1. The maximum Gasteiger partial charge on any atom is 0.305 e. The van der Waals surface area contributed by atoms with Crippen LogP contribution in [0.5, 0.6) is 0 Å². The van der Waals surface area contributed by atoms with E-state index in [1.165, 1.54) is 45.6 Å². The summed E-state index contributed by atoms with van der Waals surface area (Å²) in [4.78, 5) is 25.4. The van der Waals surface area contributed by atoms with Crippen molar-refractivity contribution in [2.24, 2.45) is 4.99 Å². The number of methoxy groups -OCH3 is 1. The molecule has 0 saturated carbocycles. The highest BCUT2D eigenvalue weighted by Gasteiger charge is 2.05. The molecule has 0 aliphatic heterocycles. The molecule has 1 atom stereocenters. The van der Waals surface area contributed by atoms with Gasteiger partial charge in [0.25, 0.3) is 0 Å². The molecule has 0 fully saturated rings. The molecule has 0 bridgehead atoms. The number of hydrogen-bond acceptors (Lipinski definition) is 4. The highest BCUT2D eigenvalue weighted by Crippen LogP contribution is 2.13. The van der Waals surface area contributed by atoms with Gasteiger partial charge in [-0.1, -0.05) is 64.0 Å². The van der Waals surface area contributed by atoms with Gasteiger partial charge in [-0.2, -0.15) is 0 Å². The van der Waals surface area contributed by atoms with Crippen LogP contribution >= 0.6 is 0 Å². The first-order valence-electron chi connectivity index (χ1n) is 9.53. The third-order valence-electron chi connectivity index (χ3n) is 4.18. The summed E-state index contributed by atoms with van der Waals surface area (Å²) >= 11 is 0. The van der Waals surface area contributed by atoms with Crippen LogP contribution in [-0.2, 0) is 14.3 Å². The van der Waals surface area contributed by atoms with Crippen LogP contribution in [0.25, 0.3) is 0 Å². The lowest BCUT2D eigenvalue weighted by atomic mass is 10.0. The van der Waals surface area contributed by atoms with Gasteiger partial charge in [0.2, 0.25) is 6.08 Å². The Hall–Kier alpha value is -1.41. The first-order chi connectivity index (χ1) is 11.7. The predicted molar refractivity (Wildman–Crippen MR) is 98.8 cm³/mol. The molecule has 4 nitrogen and oxygen atoms in total. The normalized spacial score (nSPS) is 12.1. The largest absolute Gasteiger partial charge is 0.469 e. The van der Waals surface area contributed by atoms with Crippen molar-refractivity contribution in [1.82, 2.24) is 0 Å². The highest BCUT2D eigenvalue weighted by atomic mass is 16.5. The first-order valence-corrected chi connectivity index (χ1v) is 9.53. The number of hydrogen-bond donors (Lipinski definition) is 0. The van der Waals surface area contributed by atoms with Gasteiger partial charge < -0.3 is 4.74 Å². The Morgan fingerprint density at radius 2 is 1.75 bits per heavy atom. The fourth-order valence-electron chi connectivity index (χ4n) is 2.65. The zero-order valence-corrected chi connectivity index (χ0v) is 15.6. The van der Waals surface area contributed by atoms with Crippen molar-refractivity contribution in [1.29, 1.82) is 0 Å². The summed E-state index contributed by atoms with van der Waals surface area (Å²) in [6.07, 6.45) is 20.0. The lowest BCUT2D eigenvalue weighted by Gasteiger charge is -2.07. The van der Waals surface area contributed by atoms with Gasteiger partial charge in [-0.25, -0.2) is 9.79 Å². The van der Waals surface area contributed by atoms with E-state index in [1.807, 2.05) is 0 Å². The minimum absolute atomic E-state index is 0.0291. The molecule has 0 amide bonds. The molecule has 0 radical (unpaired) electrons. The molecule has 4 heteroatoms. The monoisotopic (exact) mass is 337 g/mol. The van der Waals surface area contributed by atoms with E-state index in [9.17, 15) is 9.59 Å². The second-order valence-corrected chi connectivity index (χ2v) is 6.31. The highest BCUT2D eigenvalue weighted by molar-refractivity contribution is 5.68. The van der Waals surface area contributed by atoms with E-state index >= 15 is 0 Å². The van der Waals surface area contributed by atoms with Crippen LogP contribution < -0.4 is 0 Å². The average molecular weight is 338 g/mol. The summed E-state index contributed by atoms with van der Waals surface area (Å²) < 4.78 is 4.61. The van der Waals surface area contributed by atoms with Crippen LogP contribution in [0.15, 0.2) is 17.1 Å². The Morgan fingerprint density at radius 1 is 1.04 bits per heavy atom. The molecule has 0 aliphatic carbocycles. The Labute approximate surface area is 147 Å². The number of allylic oxidation sites excluding steroid dienone is 1. The third-order valence-corrected chi connectivity index (χ3v) is 4.18. The Balaban J connectivity index is 3.70. The smallest absolute Gasteiger partial charge is 0.305 e. The predicted octanol–water partition coefficient (Wildman–Crippen LogP) is 5.51. The number of ether oxygens (including phenoxy) is 1. The zero-order chi connectivity index (χ0) is 17.9. The first kappa shape index (κ1) is 22.6. The second-order valence-electron chi connectivity index (χ2n) is 6.31. The van der Waals surface area contributed by atoms with Crippen molar-refractivity contribution in [3.63, 3.8) is 0 Å². The molecule has 0 saturated heterocycles. The van der Waals surface area contributed by atoms with Gasteiger partial charge in [-0.3, -0.25) is 4.79 Å². The maximum absolute atomic E-state index is 11.0. The van der Waals surface area contributed by atoms with Gasteiger partial charge in [0.05, 0.1) is 13.2 Å². The van der Waals surface area contributed by atoms with E-state index < -0.39 is 0 Å². The van der Waals surface area contributed by atoms with Crippen molar-refractivity contribution in [3.8, 4) is 0 Å². The zero-order valence-electron chi connectivity index (χ0n) is 15.6. The van der Waals surface area contributed by atoms with E-state index in [1.54, 1.807) is 6.08 Å². The summed E-state index contributed by atoms with van der Waals surface area (Å²) in [5, 5.41) is 0. The van der Waals surface area contributed by atoms with E-state index in [-0.39, 0.29) is 12.0 Å². The van der Waals surface area contributed by atoms with Gasteiger partial charge in [-0.05, 0) is 32.1 Å². The molecular formula is C20H35NO3. The quantitative estimate of drug-likeness (QED) is 0.123. The van der Waals surface area contributed by atoms with Gasteiger partial charge in [0, 0.05) is 6.42 Å². The van der Waals surface area contributed by atoms with Crippen LogP contribution in [-0.4, -0.2) is 25.2 Å². The lowest BCUT2D eigenvalue weighted by Crippen LogP contribution is -2.03. The molecule has 138 valence electrons. The van der Waals surface area contributed by atoms with Crippen molar-refractivity contribution in [2.75, 3.05) is 7.11 Å². The van der Waals surface area contributed by atoms with Crippen LogP contribution in [0.2, 0.25) is 0 Å². The molecule has 0 heterocycles. The van der Waals surface area contributed by atoms with Gasteiger partial charge >= 0.3 is 5.97 Å². The topological polar surface area (TPSA) is 55.7 Å². The van der Waals surface area contributed by atoms with Crippen molar-refractivity contribution in [3.05, 3.63) is 12.2 Å². The average Bonchev–Trinajstić information content (AvgIpc) is 2.59. The van der Waals surface area contributed by atoms with E-state index in [4.69, 9.17) is 0 Å². The van der Waals surface area contributed by atoms with Gasteiger partial charge in [0.15, 0.2) is 0 Å². The number of isocyanates is 1. The molecule has 24 heavy (non-hydrogen) atoms. The number of nitrogens with zero attached hydrogens (tertiary/aromatic N) is 1. The Bertz CT molecular complexity index is 373. The number of aliphatic imine (C=N–C) groups is 1.